The number of esters is 1. The molecule has 1 saturated carbocycles. The topological polar surface area (TPSA) is 146 Å². The van der Waals surface area contributed by atoms with Crippen LogP contribution in [0.5, 0.6) is 5.75 Å². The van der Waals surface area contributed by atoms with Crippen LogP contribution in [0.4, 0.5) is 4.79 Å². The minimum Gasteiger partial charge on any atom is -0.496 e. The van der Waals surface area contributed by atoms with Crippen molar-refractivity contribution in [1.82, 2.24) is 20.5 Å². The lowest BCUT2D eigenvalue weighted by atomic mass is 9.98. The molecule has 2 N–H and O–H groups in total. The Hall–Kier alpha value is -5.23. The van der Waals surface area contributed by atoms with E-state index in [1.54, 1.807) is 32.2 Å². The van der Waals surface area contributed by atoms with Crippen molar-refractivity contribution in [3.8, 4) is 28.5 Å². The molecule has 0 unspecified atom stereocenters. The van der Waals surface area contributed by atoms with Crippen molar-refractivity contribution >= 4 is 33.8 Å². The van der Waals surface area contributed by atoms with E-state index in [0.717, 1.165) is 35.1 Å². The Balaban J connectivity index is 1.02. The number of benzene rings is 3. The number of rotatable bonds is 11. The maximum absolute atomic E-state index is 13.8. The van der Waals surface area contributed by atoms with Gasteiger partial charge in [-0.2, -0.15) is 0 Å². The molecule has 0 bridgehead atoms. The number of methoxy groups -OCH3 is 1. The zero-order valence-corrected chi connectivity index (χ0v) is 27.8. The standard InChI is InChI=1S/C36H31BrN4O7/c1-19-31(33(43)21-13-14-29(45-2)27(37)15-21)28(39-32(19)35-41-40-34(48-35)20-11-12-20)18-46-30(42)16-38-36(44)47-17-26-24-9-5-3-7-22(24)23-8-4-6-10-25(23)26/h3-10,13-15,20,26,39H,11-12,16-18H2,1-2H3,(H,38,44). The van der Waals surface area contributed by atoms with E-state index in [0.29, 0.717) is 44.2 Å². The fourth-order valence-electron chi connectivity index (χ4n) is 6.07. The summed E-state index contributed by atoms with van der Waals surface area (Å²) in [7, 11) is 1.54. The van der Waals surface area contributed by atoms with Gasteiger partial charge in [-0.05, 0) is 81.7 Å². The van der Waals surface area contributed by atoms with Crippen LogP contribution in [0.1, 0.15) is 68.9 Å². The average molecular weight is 712 g/mol. The first kappa shape index (κ1) is 31.4. The number of aromatic nitrogens is 3. The molecule has 48 heavy (non-hydrogen) atoms. The Morgan fingerprint density at radius 2 is 1.69 bits per heavy atom. The highest BCUT2D eigenvalue weighted by atomic mass is 79.9. The van der Waals surface area contributed by atoms with E-state index in [9.17, 15) is 14.4 Å². The van der Waals surface area contributed by atoms with Gasteiger partial charge in [0.25, 0.3) is 5.89 Å². The quantitative estimate of drug-likeness (QED) is 0.111. The smallest absolute Gasteiger partial charge is 0.407 e. The number of nitrogens with one attached hydrogen (secondary N) is 2. The Bertz CT molecular complexity index is 2000. The molecule has 1 amide bonds. The van der Waals surface area contributed by atoms with Crippen LogP contribution < -0.4 is 10.1 Å². The Morgan fingerprint density at radius 3 is 2.35 bits per heavy atom. The molecule has 7 rings (SSSR count). The van der Waals surface area contributed by atoms with Crippen LogP contribution in [-0.4, -0.2) is 53.3 Å². The molecule has 244 valence electrons. The third kappa shape index (κ3) is 6.11. The number of ketones is 1. The third-order valence-corrected chi connectivity index (χ3v) is 9.27. The van der Waals surface area contributed by atoms with Gasteiger partial charge in [0.15, 0.2) is 5.78 Å². The molecule has 12 heteroatoms. The van der Waals surface area contributed by atoms with Gasteiger partial charge in [-0.25, -0.2) is 4.79 Å². The molecular weight excluding hydrogens is 680 g/mol. The summed E-state index contributed by atoms with van der Waals surface area (Å²) in [5.41, 5.74) is 6.50. The van der Waals surface area contributed by atoms with Crippen LogP contribution in [0.2, 0.25) is 0 Å². The Labute approximate surface area is 284 Å². The van der Waals surface area contributed by atoms with Crippen LogP contribution in [0.3, 0.4) is 0 Å². The van der Waals surface area contributed by atoms with E-state index in [1.807, 2.05) is 36.4 Å². The summed E-state index contributed by atoms with van der Waals surface area (Å²) in [5.74, 6) is 0.507. The fourth-order valence-corrected chi connectivity index (χ4v) is 6.61. The first-order valence-electron chi connectivity index (χ1n) is 15.5. The number of ether oxygens (including phenoxy) is 3. The second-order valence-corrected chi connectivity index (χ2v) is 12.6. The molecular formula is C36H31BrN4O7. The van der Waals surface area contributed by atoms with Crippen LogP contribution in [-0.2, 0) is 20.9 Å². The maximum Gasteiger partial charge on any atom is 0.407 e. The van der Waals surface area contributed by atoms with Crippen molar-refractivity contribution in [3.63, 3.8) is 0 Å². The lowest BCUT2D eigenvalue weighted by molar-refractivity contribution is -0.143. The summed E-state index contributed by atoms with van der Waals surface area (Å²) in [6.45, 7) is 1.19. The summed E-state index contributed by atoms with van der Waals surface area (Å²) in [6, 6.07) is 21.1. The molecule has 11 nitrogen and oxygen atoms in total. The minimum atomic E-state index is -0.740. The number of amides is 1. The first-order chi connectivity index (χ1) is 23.3. The van der Waals surface area contributed by atoms with E-state index in [-0.39, 0.29) is 36.7 Å². The largest absolute Gasteiger partial charge is 0.496 e. The lowest BCUT2D eigenvalue weighted by Gasteiger charge is -2.14. The van der Waals surface area contributed by atoms with E-state index >= 15 is 0 Å². The van der Waals surface area contributed by atoms with Gasteiger partial charge in [-0.3, -0.25) is 9.59 Å². The minimum absolute atomic E-state index is 0.109. The number of fused-ring (bicyclic) bond motifs is 3. The molecule has 1 fully saturated rings. The van der Waals surface area contributed by atoms with Crippen LogP contribution in [0, 0.1) is 6.92 Å². The van der Waals surface area contributed by atoms with Crippen molar-refractivity contribution < 1.29 is 33.0 Å². The molecule has 0 radical (unpaired) electrons. The van der Waals surface area contributed by atoms with Crippen molar-refractivity contribution in [3.05, 3.63) is 111 Å². The molecule has 2 aliphatic carbocycles. The number of H-pyrrole nitrogens is 1. The number of carbonyl (C=O) groups is 3. The van der Waals surface area contributed by atoms with Crippen molar-refractivity contribution in [1.29, 1.82) is 0 Å². The molecule has 0 spiro atoms. The summed E-state index contributed by atoms with van der Waals surface area (Å²) in [4.78, 5) is 42.4. The molecule has 2 aromatic heterocycles. The fraction of sp³-hybridized carbons (Fsp3) is 0.250. The Kier molecular flexibility index (Phi) is 8.57. The number of carbonyl (C=O) groups excluding carboxylic acids is 3. The van der Waals surface area contributed by atoms with Gasteiger partial charge in [0.2, 0.25) is 5.89 Å². The first-order valence-corrected chi connectivity index (χ1v) is 16.3. The van der Waals surface area contributed by atoms with Gasteiger partial charge in [0.1, 0.15) is 31.2 Å². The van der Waals surface area contributed by atoms with E-state index in [2.05, 4.69) is 48.6 Å². The molecule has 0 aliphatic heterocycles. The molecule has 5 aromatic rings. The highest BCUT2D eigenvalue weighted by Gasteiger charge is 2.32. The normalized spacial score (nSPS) is 13.5. The number of nitrogens with zero attached hydrogens (tertiary/aromatic N) is 2. The van der Waals surface area contributed by atoms with Crippen molar-refractivity contribution in [2.24, 2.45) is 0 Å². The van der Waals surface area contributed by atoms with Gasteiger partial charge in [-0.1, -0.05) is 48.5 Å². The molecule has 2 aliphatic rings. The van der Waals surface area contributed by atoms with Crippen LogP contribution in [0.25, 0.3) is 22.7 Å². The van der Waals surface area contributed by atoms with Crippen molar-refractivity contribution in [2.45, 2.75) is 38.2 Å². The van der Waals surface area contributed by atoms with E-state index in [4.69, 9.17) is 18.6 Å². The summed E-state index contributed by atoms with van der Waals surface area (Å²) < 4.78 is 22.9. The van der Waals surface area contributed by atoms with Crippen molar-refractivity contribution in [2.75, 3.05) is 20.3 Å². The number of alkyl carbamates (subject to hydrolysis) is 1. The second kappa shape index (κ2) is 13.1. The summed E-state index contributed by atoms with van der Waals surface area (Å²) in [5, 5.41) is 10.8. The molecule has 0 saturated heterocycles. The molecule has 0 atom stereocenters. The number of aromatic amines is 1. The summed E-state index contributed by atoms with van der Waals surface area (Å²) >= 11 is 3.44. The van der Waals surface area contributed by atoms with Gasteiger partial charge in [-0.15, -0.1) is 10.2 Å². The van der Waals surface area contributed by atoms with Gasteiger partial charge in [0.05, 0.1) is 22.8 Å². The zero-order chi connectivity index (χ0) is 33.4. The highest BCUT2D eigenvalue weighted by Crippen LogP contribution is 2.44. The predicted molar refractivity (Wildman–Crippen MR) is 178 cm³/mol. The molecule has 2 heterocycles. The number of hydrogen-bond acceptors (Lipinski definition) is 9. The number of hydrogen-bond donors (Lipinski definition) is 2. The van der Waals surface area contributed by atoms with Gasteiger partial charge in [0, 0.05) is 17.4 Å². The maximum atomic E-state index is 13.8. The monoisotopic (exact) mass is 710 g/mol. The van der Waals surface area contributed by atoms with Crippen LogP contribution in [0.15, 0.2) is 75.6 Å². The molecule has 3 aromatic carbocycles. The third-order valence-electron chi connectivity index (χ3n) is 8.65. The van der Waals surface area contributed by atoms with E-state index < -0.39 is 18.6 Å². The predicted octanol–water partition coefficient (Wildman–Crippen LogP) is 6.83. The summed E-state index contributed by atoms with van der Waals surface area (Å²) in [6.07, 6.45) is 1.25. The van der Waals surface area contributed by atoms with Crippen LogP contribution >= 0.6 is 15.9 Å². The Morgan fingerprint density at radius 1 is 0.979 bits per heavy atom. The van der Waals surface area contributed by atoms with Gasteiger partial charge < -0.3 is 28.9 Å². The van der Waals surface area contributed by atoms with E-state index in [1.165, 1.54) is 0 Å². The average Bonchev–Trinajstić information content (AvgIpc) is 3.62. The SMILES string of the molecule is COc1ccc(C(=O)c2c(COC(=O)CNC(=O)OCC3c4ccccc4-c4ccccc43)[nH]c(-c3nnc(C4CC4)o3)c2C)cc1Br. The second-order valence-electron chi connectivity index (χ2n) is 11.7. The number of halogens is 1. The lowest BCUT2D eigenvalue weighted by Crippen LogP contribution is -2.32. The van der Waals surface area contributed by atoms with Gasteiger partial charge >= 0.3 is 12.1 Å². The highest BCUT2D eigenvalue weighted by molar-refractivity contribution is 9.10. The zero-order valence-electron chi connectivity index (χ0n) is 26.2.